The second kappa shape index (κ2) is 13.3. The molecule has 0 aliphatic heterocycles. The van der Waals surface area contributed by atoms with E-state index in [1.807, 2.05) is 26.1 Å². The molecule has 0 heterocycles. The number of amides is 1. The van der Waals surface area contributed by atoms with Gasteiger partial charge in [0.25, 0.3) is 5.91 Å². The molecule has 1 aliphatic carbocycles. The standard InChI is InChI=1S/C19H29BrN4O2.HI/c1-3-21-19(24(2)12-13-26-14-15-4-5-15)23-11-10-22-18(25)16-6-8-17(20)9-7-16;/h6-9,15H,3-5,10-14H2,1-2H3,(H,21,23)(H,22,25);1H. The minimum Gasteiger partial charge on any atom is -0.379 e. The van der Waals surface area contributed by atoms with Crippen molar-refractivity contribution >= 4 is 51.8 Å². The number of hydrogen-bond acceptors (Lipinski definition) is 3. The maximum atomic E-state index is 12.1. The third-order valence-electron chi connectivity index (χ3n) is 4.08. The number of nitrogens with one attached hydrogen (secondary N) is 2. The topological polar surface area (TPSA) is 66.0 Å². The lowest BCUT2D eigenvalue weighted by atomic mass is 10.2. The fourth-order valence-corrected chi connectivity index (χ4v) is 2.61. The summed E-state index contributed by atoms with van der Waals surface area (Å²) in [5.41, 5.74) is 0.647. The van der Waals surface area contributed by atoms with Crippen molar-refractivity contribution in [1.29, 1.82) is 0 Å². The molecule has 1 fully saturated rings. The van der Waals surface area contributed by atoms with Gasteiger partial charge in [-0.05, 0) is 49.9 Å². The molecule has 0 aromatic heterocycles. The van der Waals surface area contributed by atoms with Crippen LogP contribution in [0.15, 0.2) is 33.7 Å². The van der Waals surface area contributed by atoms with Crippen molar-refractivity contribution in [3.05, 3.63) is 34.3 Å². The molecule has 0 bridgehead atoms. The Kier molecular flexibility index (Phi) is 11.9. The summed E-state index contributed by atoms with van der Waals surface area (Å²) in [4.78, 5) is 18.7. The van der Waals surface area contributed by atoms with E-state index in [2.05, 4.69) is 36.5 Å². The van der Waals surface area contributed by atoms with E-state index in [9.17, 15) is 4.79 Å². The van der Waals surface area contributed by atoms with Gasteiger partial charge in [-0.25, -0.2) is 0 Å². The van der Waals surface area contributed by atoms with Crippen LogP contribution in [-0.4, -0.2) is 63.2 Å². The highest BCUT2D eigenvalue weighted by Crippen LogP contribution is 2.28. The van der Waals surface area contributed by atoms with Crippen LogP contribution in [0.5, 0.6) is 0 Å². The predicted molar refractivity (Wildman–Crippen MR) is 124 cm³/mol. The fraction of sp³-hybridized carbons (Fsp3) is 0.579. The third-order valence-corrected chi connectivity index (χ3v) is 4.61. The number of guanidine groups is 1. The fourth-order valence-electron chi connectivity index (χ4n) is 2.35. The Morgan fingerprint density at radius 3 is 2.63 bits per heavy atom. The first kappa shape index (κ1) is 24.2. The van der Waals surface area contributed by atoms with Crippen molar-refractivity contribution in [2.24, 2.45) is 10.9 Å². The quantitative estimate of drug-likeness (QED) is 0.203. The number of carbonyl (C=O) groups excluding carboxylic acids is 1. The number of halogens is 2. The molecule has 152 valence electrons. The number of benzene rings is 1. The zero-order valence-electron chi connectivity index (χ0n) is 16.0. The van der Waals surface area contributed by atoms with E-state index in [1.54, 1.807) is 12.1 Å². The first-order valence-electron chi connectivity index (χ1n) is 9.21. The summed E-state index contributed by atoms with van der Waals surface area (Å²) in [7, 11) is 2.00. The Hall–Kier alpha value is -0.870. The molecule has 1 amide bonds. The number of nitrogens with zero attached hydrogens (tertiary/aromatic N) is 2. The van der Waals surface area contributed by atoms with Gasteiger partial charge in [0.05, 0.1) is 13.2 Å². The minimum atomic E-state index is -0.0838. The van der Waals surface area contributed by atoms with Crippen LogP contribution in [0.1, 0.15) is 30.1 Å². The van der Waals surface area contributed by atoms with Crippen molar-refractivity contribution in [3.8, 4) is 0 Å². The number of carbonyl (C=O) groups is 1. The molecule has 0 radical (unpaired) electrons. The minimum absolute atomic E-state index is 0. The average Bonchev–Trinajstić information content (AvgIpc) is 3.46. The first-order valence-corrected chi connectivity index (χ1v) is 10.0. The smallest absolute Gasteiger partial charge is 0.251 e. The number of hydrogen-bond donors (Lipinski definition) is 2. The zero-order valence-corrected chi connectivity index (χ0v) is 20.0. The molecular formula is C19H30BrIN4O2. The molecule has 0 saturated heterocycles. The van der Waals surface area contributed by atoms with Gasteiger partial charge in [-0.3, -0.25) is 9.79 Å². The molecule has 8 heteroatoms. The van der Waals surface area contributed by atoms with Gasteiger partial charge in [0.15, 0.2) is 5.96 Å². The van der Waals surface area contributed by atoms with Crippen LogP contribution in [0.2, 0.25) is 0 Å². The Bertz CT molecular complexity index is 594. The summed E-state index contributed by atoms with van der Waals surface area (Å²) >= 11 is 3.37. The van der Waals surface area contributed by atoms with Gasteiger partial charge in [0.2, 0.25) is 0 Å². The highest BCUT2D eigenvalue weighted by molar-refractivity contribution is 14.0. The molecule has 2 N–H and O–H groups in total. The highest BCUT2D eigenvalue weighted by atomic mass is 127. The normalized spacial score (nSPS) is 13.7. The molecule has 6 nitrogen and oxygen atoms in total. The SMILES string of the molecule is CCNC(=NCCNC(=O)c1ccc(Br)cc1)N(C)CCOCC1CC1.I. The molecule has 0 spiro atoms. The van der Waals surface area contributed by atoms with E-state index in [0.29, 0.717) is 25.3 Å². The van der Waals surface area contributed by atoms with Gasteiger partial charge < -0.3 is 20.3 Å². The van der Waals surface area contributed by atoms with E-state index in [-0.39, 0.29) is 29.9 Å². The van der Waals surface area contributed by atoms with Crippen LogP contribution in [0, 0.1) is 5.92 Å². The maximum Gasteiger partial charge on any atom is 0.251 e. The van der Waals surface area contributed by atoms with E-state index in [4.69, 9.17) is 4.74 Å². The van der Waals surface area contributed by atoms with Crippen molar-refractivity contribution < 1.29 is 9.53 Å². The van der Waals surface area contributed by atoms with Crippen molar-refractivity contribution in [3.63, 3.8) is 0 Å². The predicted octanol–water partition coefficient (Wildman–Crippen LogP) is 3.12. The summed E-state index contributed by atoms with van der Waals surface area (Å²) in [5.74, 6) is 1.54. The Balaban J connectivity index is 0.00000364. The number of rotatable bonds is 10. The van der Waals surface area contributed by atoms with Crippen LogP contribution in [0.4, 0.5) is 0 Å². The lowest BCUT2D eigenvalue weighted by molar-refractivity contribution is 0.0955. The summed E-state index contributed by atoms with van der Waals surface area (Å²) < 4.78 is 6.64. The van der Waals surface area contributed by atoms with Gasteiger partial charge in [-0.2, -0.15) is 0 Å². The molecule has 1 aliphatic rings. The van der Waals surface area contributed by atoms with E-state index in [0.717, 1.165) is 36.0 Å². The molecule has 27 heavy (non-hydrogen) atoms. The van der Waals surface area contributed by atoms with Gasteiger partial charge in [0.1, 0.15) is 0 Å². The largest absolute Gasteiger partial charge is 0.379 e. The molecule has 2 rings (SSSR count). The van der Waals surface area contributed by atoms with Gasteiger partial charge in [-0.15, -0.1) is 24.0 Å². The molecule has 1 aromatic rings. The van der Waals surface area contributed by atoms with Gasteiger partial charge in [0, 0.05) is 43.3 Å². The van der Waals surface area contributed by atoms with Crippen molar-refractivity contribution in [1.82, 2.24) is 15.5 Å². The second-order valence-electron chi connectivity index (χ2n) is 6.44. The van der Waals surface area contributed by atoms with Crippen LogP contribution < -0.4 is 10.6 Å². The third kappa shape index (κ3) is 9.75. The Labute approximate surface area is 187 Å². The van der Waals surface area contributed by atoms with Gasteiger partial charge in [-0.1, -0.05) is 15.9 Å². The molecule has 0 atom stereocenters. The maximum absolute atomic E-state index is 12.1. The average molecular weight is 553 g/mol. The summed E-state index contributed by atoms with van der Waals surface area (Å²) in [6.45, 7) is 6.25. The lowest BCUT2D eigenvalue weighted by Crippen LogP contribution is -2.41. The summed E-state index contributed by atoms with van der Waals surface area (Å²) in [6.07, 6.45) is 2.62. The van der Waals surface area contributed by atoms with Crippen molar-refractivity contribution in [2.75, 3.05) is 46.4 Å². The van der Waals surface area contributed by atoms with Crippen molar-refractivity contribution in [2.45, 2.75) is 19.8 Å². The molecule has 0 unspecified atom stereocenters. The Morgan fingerprint density at radius 1 is 1.30 bits per heavy atom. The zero-order chi connectivity index (χ0) is 18.8. The number of ether oxygens (including phenoxy) is 1. The molecular weight excluding hydrogens is 523 g/mol. The first-order chi connectivity index (χ1) is 12.6. The second-order valence-corrected chi connectivity index (χ2v) is 7.35. The van der Waals surface area contributed by atoms with Crippen LogP contribution >= 0.6 is 39.9 Å². The molecule has 1 saturated carbocycles. The van der Waals surface area contributed by atoms with Crippen LogP contribution in [0.3, 0.4) is 0 Å². The number of likely N-dealkylation sites (N-methyl/N-ethyl adjacent to an activating group) is 1. The van der Waals surface area contributed by atoms with E-state index in [1.165, 1.54) is 12.8 Å². The monoisotopic (exact) mass is 552 g/mol. The molecule has 1 aromatic carbocycles. The van der Waals surface area contributed by atoms with Gasteiger partial charge >= 0.3 is 0 Å². The van der Waals surface area contributed by atoms with E-state index < -0.39 is 0 Å². The number of aliphatic imine (C=N–C) groups is 1. The van der Waals surface area contributed by atoms with E-state index >= 15 is 0 Å². The lowest BCUT2D eigenvalue weighted by Gasteiger charge is -2.22. The summed E-state index contributed by atoms with van der Waals surface area (Å²) in [5, 5.41) is 6.17. The highest BCUT2D eigenvalue weighted by Gasteiger charge is 2.21. The summed E-state index contributed by atoms with van der Waals surface area (Å²) in [6, 6.07) is 7.30. The van der Waals surface area contributed by atoms with Crippen LogP contribution in [0.25, 0.3) is 0 Å². The Morgan fingerprint density at radius 2 is 2.00 bits per heavy atom. The van der Waals surface area contributed by atoms with Crippen LogP contribution in [-0.2, 0) is 4.74 Å².